The van der Waals surface area contributed by atoms with Crippen molar-refractivity contribution in [2.24, 2.45) is 16.6 Å². The Balaban J connectivity index is 0.00000613. The van der Waals surface area contributed by atoms with Crippen molar-refractivity contribution in [2.45, 2.75) is 100 Å². The quantitative estimate of drug-likeness (QED) is 0.0509. The van der Waals surface area contributed by atoms with Gasteiger partial charge in [0.25, 0.3) is 0 Å². The lowest BCUT2D eigenvalue weighted by Gasteiger charge is -2.41. The van der Waals surface area contributed by atoms with Crippen LogP contribution >= 0.6 is 11.8 Å². The Bertz CT molecular complexity index is 2340. The van der Waals surface area contributed by atoms with E-state index in [1.807, 2.05) is 83.4 Å². The molecule has 71 heavy (non-hydrogen) atoms. The molecular formula is C49H73F2N7O11S2. The van der Waals surface area contributed by atoms with E-state index in [1.54, 1.807) is 17.2 Å². The maximum atomic E-state index is 15.2. The Morgan fingerprint density at radius 3 is 2.03 bits per heavy atom. The zero-order valence-corrected chi connectivity index (χ0v) is 43.9. The van der Waals surface area contributed by atoms with Crippen molar-refractivity contribution in [3.8, 4) is 11.1 Å². The second-order valence-corrected chi connectivity index (χ2v) is 20.7. The fraction of sp³-hybridized carbons (Fsp3) is 0.531. The fourth-order valence-corrected chi connectivity index (χ4v) is 8.69. The molecule has 0 aliphatic rings. The molecule has 3 aromatic rings. The molecule has 396 valence electrons. The van der Waals surface area contributed by atoms with Crippen molar-refractivity contribution >= 4 is 63.1 Å². The minimum Gasteiger partial charge on any atom is -0.481 e. The molecular weight excluding hydrogens is 965 g/mol. The maximum absolute atomic E-state index is 15.2. The molecule has 1 aromatic heterocycles. The molecule has 1 heterocycles. The van der Waals surface area contributed by atoms with Gasteiger partial charge in [-0.05, 0) is 62.1 Å². The van der Waals surface area contributed by atoms with Gasteiger partial charge in [-0.15, -0.1) is 11.8 Å². The topological polar surface area (TPSA) is 276 Å². The van der Waals surface area contributed by atoms with Crippen LogP contribution in [0.3, 0.4) is 0 Å². The first-order valence-electron chi connectivity index (χ1n) is 23.4. The second kappa shape index (κ2) is 30.8. The largest absolute Gasteiger partial charge is 0.481 e. The summed E-state index contributed by atoms with van der Waals surface area (Å²) in [5.41, 5.74) is 5.48. The highest BCUT2D eigenvalue weighted by Crippen LogP contribution is 2.41. The van der Waals surface area contributed by atoms with Gasteiger partial charge in [0.2, 0.25) is 29.5 Å². The number of benzene rings is 2. The normalized spacial score (nSPS) is 12.1. The Labute approximate surface area is 420 Å². The summed E-state index contributed by atoms with van der Waals surface area (Å²) in [6.45, 7) is 15.5. The predicted octanol–water partition coefficient (Wildman–Crippen LogP) is 4.76. The number of carboxylic acid groups (broad SMARTS) is 2. The summed E-state index contributed by atoms with van der Waals surface area (Å²) in [6, 6.07) is 12.4. The van der Waals surface area contributed by atoms with Crippen LogP contribution in [-0.2, 0) is 49.9 Å². The van der Waals surface area contributed by atoms with Gasteiger partial charge in [0.05, 0.1) is 36.3 Å². The maximum Gasteiger partial charge on any atom is 0.318 e. The van der Waals surface area contributed by atoms with Crippen molar-refractivity contribution in [3.63, 3.8) is 0 Å². The number of hydrogen-bond donors (Lipinski definition) is 7. The molecule has 2 aromatic carbocycles. The van der Waals surface area contributed by atoms with Gasteiger partial charge in [0.1, 0.15) is 23.1 Å². The Morgan fingerprint density at radius 2 is 1.45 bits per heavy atom. The van der Waals surface area contributed by atoms with Gasteiger partial charge in [-0.1, -0.05) is 78.8 Å². The molecule has 0 saturated carbocycles. The van der Waals surface area contributed by atoms with Crippen LogP contribution in [0.1, 0.15) is 98.9 Å². The number of nitrogens with two attached hydrogens (primary N) is 1. The standard InChI is InChI=1S/C45H61F2N7O11S2.2C2H6/c1-44(2,3)40(35-22-30(32-23-31(46)12-13-33(32)47)26-53(35)25-29-10-7-6-8-11-29)54(19-9-16-48)38(57)28-66-27-34(52-36(55)14-15-39(58)59)41(60)50-18-21-67(64,65)20-17-49-37(56)24-51-42(61)45(4,5)43(62)63;2*1-2/h6-8,10-13,22-23,26,34,40H,9,14-21,24-25,27-28,48H2,1-5H3,(H,49,56)(H,50,60)(H,51,61)(H,52,55)(H,58,59)(H,62,63);2*1-2H3. The van der Waals surface area contributed by atoms with E-state index in [9.17, 15) is 46.4 Å². The van der Waals surface area contributed by atoms with E-state index in [-0.39, 0.29) is 42.6 Å². The third-order valence-corrected chi connectivity index (χ3v) is 13.1. The first-order chi connectivity index (χ1) is 33.4. The van der Waals surface area contributed by atoms with E-state index < -0.39 is 117 Å². The van der Waals surface area contributed by atoms with E-state index >= 15 is 4.39 Å². The van der Waals surface area contributed by atoms with E-state index in [0.717, 1.165) is 49.4 Å². The Hall–Kier alpha value is -5.87. The van der Waals surface area contributed by atoms with E-state index in [1.165, 1.54) is 0 Å². The first kappa shape index (κ1) is 63.1. The zero-order chi connectivity index (χ0) is 54.1. The minimum absolute atomic E-state index is 0.0389. The average molecular weight is 1040 g/mol. The number of carbonyl (C=O) groups excluding carboxylic acids is 5. The summed E-state index contributed by atoms with van der Waals surface area (Å²) in [5, 5.41) is 27.6. The number of aromatic nitrogens is 1. The molecule has 0 aliphatic heterocycles. The lowest BCUT2D eigenvalue weighted by atomic mass is 9.83. The highest BCUT2D eigenvalue weighted by molar-refractivity contribution is 8.00. The number of amides is 5. The van der Waals surface area contributed by atoms with Crippen LogP contribution in [0.15, 0.2) is 60.8 Å². The number of carboxylic acids is 2. The number of aliphatic carboxylic acids is 2. The molecule has 0 fully saturated rings. The lowest BCUT2D eigenvalue weighted by Crippen LogP contribution is -2.49. The van der Waals surface area contributed by atoms with Gasteiger partial charge in [-0.3, -0.25) is 33.6 Å². The number of carbonyl (C=O) groups is 7. The molecule has 0 saturated heterocycles. The molecule has 2 unspecified atom stereocenters. The summed E-state index contributed by atoms with van der Waals surface area (Å²) in [6.07, 6.45) is 1.13. The molecule has 18 nitrogen and oxygen atoms in total. The summed E-state index contributed by atoms with van der Waals surface area (Å²) >= 11 is 0.997. The monoisotopic (exact) mass is 1040 g/mol. The second-order valence-electron chi connectivity index (χ2n) is 17.3. The SMILES string of the molecule is CC.CC.CC(C)(C(=O)O)C(=O)NCC(=O)NCCS(=O)(=O)CCNC(=O)C(CSCC(=O)N(CCCN)C(c1cc(-c2cc(F)ccc2F)cn1Cc1ccccc1)C(C)(C)C)NC(=O)CCC(=O)O. The third-order valence-electron chi connectivity index (χ3n) is 10.4. The van der Waals surface area contributed by atoms with Gasteiger partial charge < -0.3 is 46.7 Å². The van der Waals surface area contributed by atoms with Crippen LogP contribution in [0.2, 0.25) is 0 Å². The van der Waals surface area contributed by atoms with Gasteiger partial charge in [-0.2, -0.15) is 0 Å². The van der Waals surface area contributed by atoms with Crippen LogP contribution in [-0.4, -0.2) is 131 Å². The number of sulfone groups is 1. The summed E-state index contributed by atoms with van der Waals surface area (Å²) in [5.74, 6) is -9.08. The number of halogens is 2. The molecule has 0 aliphatic carbocycles. The predicted molar refractivity (Wildman–Crippen MR) is 271 cm³/mol. The fourth-order valence-electron chi connectivity index (χ4n) is 6.73. The van der Waals surface area contributed by atoms with Crippen LogP contribution in [0.5, 0.6) is 0 Å². The number of thioether (sulfide) groups is 1. The van der Waals surface area contributed by atoms with E-state index in [2.05, 4.69) is 21.3 Å². The average Bonchev–Trinajstić information content (AvgIpc) is 3.71. The number of rotatable bonds is 27. The van der Waals surface area contributed by atoms with Crippen molar-refractivity contribution in [1.29, 1.82) is 0 Å². The first-order valence-corrected chi connectivity index (χ1v) is 26.4. The molecule has 8 N–H and O–H groups in total. The van der Waals surface area contributed by atoms with Crippen LogP contribution in [0.4, 0.5) is 8.78 Å². The van der Waals surface area contributed by atoms with Gasteiger partial charge in [0.15, 0.2) is 9.84 Å². The van der Waals surface area contributed by atoms with E-state index in [4.69, 9.17) is 15.9 Å². The van der Waals surface area contributed by atoms with Crippen molar-refractivity contribution < 1.29 is 61.0 Å². The summed E-state index contributed by atoms with van der Waals surface area (Å²) < 4.78 is 57.0. The highest BCUT2D eigenvalue weighted by atomic mass is 32.2. The minimum atomic E-state index is -3.88. The Kier molecular flexibility index (Phi) is 27.4. The molecule has 22 heteroatoms. The smallest absolute Gasteiger partial charge is 0.318 e. The van der Waals surface area contributed by atoms with E-state index in [0.29, 0.717) is 24.2 Å². The van der Waals surface area contributed by atoms with Crippen molar-refractivity contribution in [2.75, 3.05) is 55.7 Å². The highest BCUT2D eigenvalue weighted by Gasteiger charge is 2.38. The van der Waals surface area contributed by atoms with Gasteiger partial charge in [-0.25, -0.2) is 17.2 Å². The molecule has 5 amide bonds. The Morgan fingerprint density at radius 1 is 0.831 bits per heavy atom. The molecule has 0 radical (unpaired) electrons. The molecule has 0 spiro atoms. The van der Waals surface area contributed by atoms with Crippen molar-refractivity contribution in [3.05, 3.63) is 83.7 Å². The number of nitrogens with zero attached hydrogens (tertiary/aromatic N) is 2. The third kappa shape index (κ3) is 21.6. The molecule has 3 rings (SSSR count). The summed E-state index contributed by atoms with van der Waals surface area (Å²) in [7, 11) is -3.88. The van der Waals surface area contributed by atoms with Crippen LogP contribution < -0.4 is 27.0 Å². The van der Waals surface area contributed by atoms with Crippen LogP contribution in [0, 0.1) is 22.5 Å². The van der Waals surface area contributed by atoms with Crippen LogP contribution in [0.25, 0.3) is 11.1 Å². The zero-order valence-electron chi connectivity index (χ0n) is 42.2. The molecule has 0 bridgehead atoms. The molecule has 2 atom stereocenters. The summed E-state index contributed by atoms with van der Waals surface area (Å²) in [4.78, 5) is 88.8. The lowest BCUT2D eigenvalue weighted by molar-refractivity contribution is -0.154. The van der Waals surface area contributed by atoms with Gasteiger partial charge in [0, 0.05) is 61.4 Å². The number of hydrogen-bond acceptors (Lipinski definition) is 11. The number of nitrogens with one attached hydrogen (secondary N) is 4. The van der Waals surface area contributed by atoms with Crippen molar-refractivity contribution in [1.82, 2.24) is 30.7 Å². The van der Waals surface area contributed by atoms with Gasteiger partial charge >= 0.3 is 11.9 Å².